The van der Waals surface area contributed by atoms with Crippen molar-refractivity contribution in [3.8, 4) is 5.75 Å². The minimum atomic E-state index is 0.270. The number of methoxy groups -OCH3 is 1. The molecule has 0 spiro atoms. The highest BCUT2D eigenvalue weighted by molar-refractivity contribution is 5.42. The summed E-state index contributed by atoms with van der Waals surface area (Å²) in [6.07, 6.45) is 5.13. The van der Waals surface area contributed by atoms with Crippen LogP contribution in [0.4, 0.5) is 0 Å². The van der Waals surface area contributed by atoms with Crippen LogP contribution < -0.4 is 10.5 Å². The van der Waals surface area contributed by atoms with E-state index < -0.39 is 0 Å². The fourth-order valence-corrected chi connectivity index (χ4v) is 3.18. The molecule has 0 radical (unpaired) electrons. The Balaban J connectivity index is 1.85. The fourth-order valence-electron chi connectivity index (χ4n) is 3.18. The van der Waals surface area contributed by atoms with Gasteiger partial charge in [0.1, 0.15) is 5.75 Å². The van der Waals surface area contributed by atoms with E-state index in [4.69, 9.17) is 10.5 Å². The zero-order valence-corrected chi connectivity index (χ0v) is 11.8. The molecule has 0 aromatic heterocycles. The molecule has 0 amide bonds. The van der Waals surface area contributed by atoms with E-state index in [-0.39, 0.29) is 5.41 Å². The lowest BCUT2D eigenvalue weighted by Gasteiger charge is -2.20. The molecule has 1 aliphatic heterocycles. The summed E-state index contributed by atoms with van der Waals surface area (Å²) in [5.74, 6) is 1.02. The van der Waals surface area contributed by atoms with Gasteiger partial charge in [-0.05, 0) is 50.4 Å². The molecule has 1 aliphatic carbocycles. The first-order valence-corrected chi connectivity index (χ1v) is 7.37. The fraction of sp³-hybridized carbons (Fsp3) is 0.625. The summed E-state index contributed by atoms with van der Waals surface area (Å²) < 4.78 is 5.52. The normalized spacial score (nSPS) is 21.6. The lowest BCUT2D eigenvalue weighted by molar-refractivity contribution is 0.320. The molecule has 19 heavy (non-hydrogen) atoms. The lowest BCUT2D eigenvalue weighted by atomic mass is 9.94. The van der Waals surface area contributed by atoms with Crippen molar-refractivity contribution in [1.82, 2.24) is 4.90 Å². The second kappa shape index (κ2) is 5.14. The lowest BCUT2D eigenvalue weighted by Crippen LogP contribution is -2.22. The molecular weight excluding hydrogens is 236 g/mol. The predicted octanol–water partition coefficient (Wildman–Crippen LogP) is 2.28. The second-order valence-electron chi connectivity index (χ2n) is 5.99. The summed E-state index contributed by atoms with van der Waals surface area (Å²) in [7, 11) is 1.76. The molecule has 2 aliphatic rings. The first-order valence-electron chi connectivity index (χ1n) is 7.37. The highest BCUT2D eigenvalue weighted by atomic mass is 16.5. The molecule has 104 valence electrons. The standard InChI is InChI=1S/C16H24N2O/c1-19-15-5-4-14(16(12-17)6-7-16)10-13(15)11-18-8-2-3-9-18/h4-5,10H,2-3,6-9,11-12,17H2,1H3. The van der Waals surface area contributed by atoms with Gasteiger partial charge in [0.25, 0.3) is 0 Å². The number of ether oxygens (including phenoxy) is 1. The van der Waals surface area contributed by atoms with Crippen LogP contribution in [0, 0.1) is 0 Å². The van der Waals surface area contributed by atoms with E-state index in [1.54, 1.807) is 7.11 Å². The summed E-state index contributed by atoms with van der Waals surface area (Å²) in [6, 6.07) is 6.65. The number of benzene rings is 1. The number of rotatable bonds is 5. The molecule has 0 bridgehead atoms. The van der Waals surface area contributed by atoms with E-state index in [1.807, 2.05) is 0 Å². The van der Waals surface area contributed by atoms with Crippen LogP contribution in [0.25, 0.3) is 0 Å². The molecule has 0 atom stereocenters. The predicted molar refractivity (Wildman–Crippen MR) is 77.5 cm³/mol. The summed E-state index contributed by atoms with van der Waals surface area (Å²) in [4.78, 5) is 2.52. The third kappa shape index (κ3) is 2.49. The molecule has 2 N–H and O–H groups in total. The maximum Gasteiger partial charge on any atom is 0.123 e. The molecule has 0 unspecified atom stereocenters. The monoisotopic (exact) mass is 260 g/mol. The van der Waals surface area contributed by atoms with Crippen molar-refractivity contribution in [2.24, 2.45) is 5.73 Å². The minimum Gasteiger partial charge on any atom is -0.496 e. The number of nitrogens with two attached hydrogens (primary N) is 1. The van der Waals surface area contributed by atoms with Gasteiger partial charge < -0.3 is 10.5 Å². The Morgan fingerprint density at radius 3 is 2.58 bits per heavy atom. The van der Waals surface area contributed by atoms with E-state index in [0.717, 1.165) is 18.8 Å². The van der Waals surface area contributed by atoms with E-state index in [0.29, 0.717) is 0 Å². The van der Waals surface area contributed by atoms with Crippen molar-refractivity contribution in [3.05, 3.63) is 29.3 Å². The van der Waals surface area contributed by atoms with E-state index >= 15 is 0 Å². The first-order chi connectivity index (χ1) is 9.27. The Bertz CT molecular complexity index is 448. The van der Waals surface area contributed by atoms with Crippen LogP contribution in [-0.4, -0.2) is 31.6 Å². The van der Waals surface area contributed by atoms with E-state index in [1.165, 1.54) is 49.9 Å². The van der Waals surface area contributed by atoms with Crippen molar-refractivity contribution in [2.45, 2.75) is 37.6 Å². The van der Waals surface area contributed by atoms with Crippen molar-refractivity contribution in [2.75, 3.05) is 26.7 Å². The first kappa shape index (κ1) is 12.9. The average Bonchev–Trinajstić information content (AvgIpc) is 3.09. The van der Waals surface area contributed by atoms with Gasteiger partial charge in [-0.25, -0.2) is 0 Å². The van der Waals surface area contributed by atoms with Crippen molar-refractivity contribution in [3.63, 3.8) is 0 Å². The maximum absolute atomic E-state index is 5.94. The van der Waals surface area contributed by atoms with Gasteiger partial charge in [0.15, 0.2) is 0 Å². The zero-order chi connectivity index (χ0) is 13.3. The topological polar surface area (TPSA) is 38.5 Å². The van der Waals surface area contributed by atoms with Gasteiger partial charge in [0.05, 0.1) is 7.11 Å². The minimum absolute atomic E-state index is 0.270. The molecule has 3 nitrogen and oxygen atoms in total. The SMILES string of the molecule is COc1ccc(C2(CN)CC2)cc1CN1CCCC1. The van der Waals surface area contributed by atoms with Gasteiger partial charge in [0, 0.05) is 24.1 Å². The molecular formula is C16H24N2O. The van der Waals surface area contributed by atoms with Gasteiger partial charge in [-0.2, -0.15) is 0 Å². The smallest absolute Gasteiger partial charge is 0.123 e. The van der Waals surface area contributed by atoms with Crippen LogP contribution in [0.2, 0.25) is 0 Å². The third-order valence-corrected chi connectivity index (χ3v) is 4.73. The number of nitrogens with zero attached hydrogens (tertiary/aromatic N) is 1. The molecule has 2 fully saturated rings. The Morgan fingerprint density at radius 1 is 1.26 bits per heavy atom. The Morgan fingerprint density at radius 2 is 2.00 bits per heavy atom. The molecule has 1 saturated carbocycles. The Kier molecular flexibility index (Phi) is 3.50. The Hall–Kier alpha value is -1.06. The maximum atomic E-state index is 5.94. The third-order valence-electron chi connectivity index (χ3n) is 4.73. The van der Waals surface area contributed by atoms with Crippen LogP contribution in [0.5, 0.6) is 5.75 Å². The van der Waals surface area contributed by atoms with E-state index in [9.17, 15) is 0 Å². The molecule has 3 heteroatoms. The molecule has 1 heterocycles. The van der Waals surface area contributed by atoms with Crippen molar-refractivity contribution >= 4 is 0 Å². The van der Waals surface area contributed by atoms with Crippen molar-refractivity contribution in [1.29, 1.82) is 0 Å². The summed E-state index contributed by atoms with van der Waals surface area (Å²) >= 11 is 0. The highest BCUT2D eigenvalue weighted by Crippen LogP contribution is 2.48. The highest BCUT2D eigenvalue weighted by Gasteiger charge is 2.43. The van der Waals surface area contributed by atoms with Crippen LogP contribution >= 0.6 is 0 Å². The molecule has 1 saturated heterocycles. The number of likely N-dealkylation sites (tertiary alicyclic amines) is 1. The number of hydrogen-bond donors (Lipinski definition) is 1. The Labute approximate surface area is 115 Å². The van der Waals surface area contributed by atoms with Crippen LogP contribution in [0.15, 0.2) is 18.2 Å². The summed E-state index contributed by atoms with van der Waals surface area (Å²) in [5.41, 5.74) is 8.94. The summed E-state index contributed by atoms with van der Waals surface area (Å²) in [5, 5.41) is 0. The van der Waals surface area contributed by atoms with Gasteiger partial charge in [0.2, 0.25) is 0 Å². The molecule has 1 aromatic rings. The molecule has 3 rings (SSSR count). The van der Waals surface area contributed by atoms with Crippen LogP contribution in [0.1, 0.15) is 36.8 Å². The zero-order valence-electron chi connectivity index (χ0n) is 11.8. The van der Waals surface area contributed by atoms with Crippen LogP contribution in [-0.2, 0) is 12.0 Å². The quantitative estimate of drug-likeness (QED) is 0.882. The molecule has 1 aromatic carbocycles. The average molecular weight is 260 g/mol. The van der Waals surface area contributed by atoms with Crippen LogP contribution in [0.3, 0.4) is 0 Å². The number of hydrogen-bond acceptors (Lipinski definition) is 3. The summed E-state index contributed by atoms with van der Waals surface area (Å²) in [6.45, 7) is 4.21. The van der Waals surface area contributed by atoms with Gasteiger partial charge >= 0.3 is 0 Å². The van der Waals surface area contributed by atoms with E-state index in [2.05, 4.69) is 23.1 Å². The van der Waals surface area contributed by atoms with Gasteiger partial charge in [-0.3, -0.25) is 4.90 Å². The second-order valence-corrected chi connectivity index (χ2v) is 5.99. The van der Waals surface area contributed by atoms with Gasteiger partial charge in [-0.1, -0.05) is 12.1 Å². The van der Waals surface area contributed by atoms with Crippen molar-refractivity contribution < 1.29 is 4.74 Å². The van der Waals surface area contributed by atoms with Gasteiger partial charge in [-0.15, -0.1) is 0 Å². The largest absolute Gasteiger partial charge is 0.496 e.